The molecule has 0 saturated carbocycles. The van der Waals surface area contributed by atoms with Gasteiger partial charge in [0.15, 0.2) is 0 Å². The molecule has 0 aromatic heterocycles. The van der Waals surface area contributed by atoms with Crippen LogP contribution in [0.4, 0.5) is 0 Å². The van der Waals surface area contributed by atoms with Crippen molar-refractivity contribution in [1.29, 1.82) is 0 Å². The number of hydrogen-bond acceptors (Lipinski definition) is 5. The average Bonchev–Trinajstić information content (AvgIpc) is 3.03. The Bertz CT molecular complexity index is 763. The number of phosphoric acid groups is 1. The lowest BCUT2D eigenvalue weighted by atomic mass is 10.0. The van der Waals surface area contributed by atoms with Crippen LogP contribution < -0.4 is 5.32 Å². The van der Waals surface area contributed by atoms with E-state index in [0.29, 0.717) is 17.4 Å². The van der Waals surface area contributed by atoms with Crippen LogP contribution in [0.1, 0.15) is 194 Å². The molecule has 3 N–H and O–H groups in total. The predicted molar refractivity (Wildman–Crippen MR) is 203 cm³/mol. The van der Waals surface area contributed by atoms with Crippen molar-refractivity contribution < 1.29 is 32.9 Å². The van der Waals surface area contributed by atoms with Gasteiger partial charge in [0.2, 0.25) is 5.91 Å². The molecule has 0 aliphatic heterocycles. The number of aliphatic hydroxyl groups is 1. The molecule has 0 radical (unpaired) electrons. The molecule has 0 aliphatic rings. The lowest BCUT2D eigenvalue weighted by Crippen LogP contribution is -2.46. The number of quaternary nitrogens is 1. The van der Waals surface area contributed by atoms with Crippen LogP contribution in [0, 0.1) is 0 Å². The molecule has 0 aromatic carbocycles. The smallest absolute Gasteiger partial charge is 0.391 e. The zero-order chi connectivity index (χ0) is 35.8. The van der Waals surface area contributed by atoms with Crippen molar-refractivity contribution in [3.05, 3.63) is 0 Å². The summed E-state index contributed by atoms with van der Waals surface area (Å²) in [4.78, 5) is 22.0. The summed E-state index contributed by atoms with van der Waals surface area (Å²) in [7, 11) is 1.61. The Balaban J connectivity index is 3.68. The standard InChI is InChI=1S/C39H81N2O6P/c1-6-8-9-10-11-12-13-14-15-16-17-18-19-20-21-22-23-24-25-26-27-28-29-30-31-32-33-38(42)37(40-39(43)7-2)36-47-48(44,45)46-35-34-41(3,4)5/h37-38,42H,6-36H2,1-5H3,(H-,40,43,44,45)/p+1. The Morgan fingerprint density at radius 2 is 0.979 bits per heavy atom. The topological polar surface area (TPSA) is 105 Å². The van der Waals surface area contributed by atoms with E-state index >= 15 is 0 Å². The zero-order valence-corrected chi connectivity index (χ0v) is 33.4. The number of nitrogens with one attached hydrogen (secondary N) is 1. The summed E-state index contributed by atoms with van der Waals surface area (Å²) in [6.07, 6.45) is 35.1. The van der Waals surface area contributed by atoms with Gasteiger partial charge < -0.3 is 19.8 Å². The van der Waals surface area contributed by atoms with E-state index < -0.39 is 20.0 Å². The second-order valence-corrected chi connectivity index (χ2v) is 16.8. The van der Waals surface area contributed by atoms with Gasteiger partial charge in [0.1, 0.15) is 13.2 Å². The summed E-state index contributed by atoms with van der Waals surface area (Å²) in [5, 5.41) is 13.4. The van der Waals surface area contributed by atoms with Crippen LogP contribution in [-0.4, -0.2) is 73.4 Å². The number of rotatable bonds is 37. The SMILES string of the molecule is CCCCCCCCCCCCCCCCCCCCCCCCCCCCC(O)C(COP(=O)(O)OCC[N+](C)(C)C)NC(=O)CC. The van der Waals surface area contributed by atoms with Gasteiger partial charge in [0, 0.05) is 6.42 Å². The highest BCUT2D eigenvalue weighted by atomic mass is 31.2. The van der Waals surface area contributed by atoms with Crippen LogP contribution in [0.3, 0.4) is 0 Å². The van der Waals surface area contributed by atoms with Crippen molar-refractivity contribution in [2.24, 2.45) is 0 Å². The fourth-order valence-corrected chi connectivity index (χ4v) is 6.81. The first-order valence-electron chi connectivity index (χ1n) is 20.4. The van der Waals surface area contributed by atoms with E-state index in [1.165, 1.54) is 148 Å². The van der Waals surface area contributed by atoms with Crippen LogP contribution in [0.5, 0.6) is 0 Å². The van der Waals surface area contributed by atoms with Crippen LogP contribution >= 0.6 is 7.82 Å². The molecular formula is C39H82N2O6P+. The molecule has 3 atom stereocenters. The third-order valence-corrected chi connectivity index (χ3v) is 10.4. The number of unbranched alkanes of at least 4 members (excludes halogenated alkanes) is 25. The van der Waals surface area contributed by atoms with Crippen molar-refractivity contribution in [1.82, 2.24) is 5.32 Å². The van der Waals surface area contributed by atoms with Crippen molar-refractivity contribution in [3.8, 4) is 0 Å². The highest BCUT2D eigenvalue weighted by Gasteiger charge is 2.28. The number of hydrogen-bond donors (Lipinski definition) is 3. The lowest BCUT2D eigenvalue weighted by Gasteiger charge is -2.26. The number of carbonyl (C=O) groups is 1. The van der Waals surface area contributed by atoms with Crippen molar-refractivity contribution >= 4 is 13.7 Å². The largest absolute Gasteiger partial charge is 0.472 e. The second kappa shape index (κ2) is 32.4. The Morgan fingerprint density at radius 1 is 0.625 bits per heavy atom. The number of nitrogens with zero attached hydrogens (tertiary/aromatic N) is 1. The highest BCUT2D eigenvalue weighted by molar-refractivity contribution is 7.47. The van der Waals surface area contributed by atoms with Gasteiger partial charge in [-0.2, -0.15) is 0 Å². The van der Waals surface area contributed by atoms with Gasteiger partial charge in [-0.25, -0.2) is 4.57 Å². The van der Waals surface area contributed by atoms with E-state index in [1.807, 2.05) is 21.1 Å². The Hall–Kier alpha value is -0.500. The minimum absolute atomic E-state index is 0.0748. The Morgan fingerprint density at radius 3 is 1.31 bits per heavy atom. The third-order valence-electron chi connectivity index (χ3n) is 9.42. The first kappa shape index (κ1) is 47.5. The molecule has 0 heterocycles. The molecule has 3 unspecified atom stereocenters. The van der Waals surface area contributed by atoms with Gasteiger partial charge in [0.05, 0.1) is 39.9 Å². The quantitative estimate of drug-likeness (QED) is 0.0338. The van der Waals surface area contributed by atoms with Crippen LogP contribution in [0.15, 0.2) is 0 Å². The maximum atomic E-state index is 12.3. The van der Waals surface area contributed by atoms with E-state index in [2.05, 4.69) is 12.2 Å². The second-order valence-electron chi connectivity index (χ2n) is 15.3. The maximum absolute atomic E-state index is 12.3. The van der Waals surface area contributed by atoms with E-state index in [0.717, 1.165) is 19.3 Å². The average molecular weight is 706 g/mol. The number of aliphatic hydroxyl groups excluding tert-OH is 1. The first-order valence-corrected chi connectivity index (χ1v) is 21.9. The Labute approximate surface area is 298 Å². The van der Waals surface area contributed by atoms with Crippen molar-refractivity contribution in [2.45, 2.75) is 206 Å². The molecule has 0 aliphatic carbocycles. The van der Waals surface area contributed by atoms with E-state index in [1.54, 1.807) is 6.92 Å². The van der Waals surface area contributed by atoms with Crippen LogP contribution in [0.25, 0.3) is 0 Å². The number of amides is 1. The molecular weight excluding hydrogens is 623 g/mol. The molecule has 0 aromatic rings. The molecule has 0 spiro atoms. The summed E-state index contributed by atoms with van der Waals surface area (Å²) in [5.41, 5.74) is 0. The predicted octanol–water partition coefficient (Wildman–Crippen LogP) is 10.6. The Kier molecular flexibility index (Phi) is 32.1. The summed E-state index contributed by atoms with van der Waals surface area (Å²) >= 11 is 0. The van der Waals surface area contributed by atoms with Crippen molar-refractivity contribution in [2.75, 3.05) is 40.9 Å². The fraction of sp³-hybridized carbons (Fsp3) is 0.974. The van der Waals surface area contributed by atoms with Gasteiger partial charge in [-0.15, -0.1) is 0 Å². The van der Waals surface area contributed by atoms with Crippen molar-refractivity contribution in [3.63, 3.8) is 0 Å². The van der Waals surface area contributed by atoms with Gasteiger partial charge >= 0.3 is 7.82 Å². The van der Waals surface area contributed by atoms with Gasteiger partial charge in [-0.1, -0.05) is 181 Å². The molecule has 8 nitrogen and oxygen atoms in total. The van der Waals surface area contributed by atoms with Gasteiger partial charge in [-0.05, 0) is 6.42 Å². The minimum Gasteiger partial charge on any atom is -0.391 e. The number of carbonyl (C=O) groups excluding carboxylic acids is 1. The molecule has 0 saturated heterocycles. The summed E-state index contributed by atoms with van der Waals surface area (Å²) < 4.78 is 23.1. The highest BCUT2D eigenvalue weighted by Crippen LogP contribution is 2.43. The zero-order valence-electron chi connectivity index (χ0n) is 32.5. The van der Waals surface area contributed by atoms with Crippen LogP contribution in [0.2, 0.25) is 0 Å². The molecule has 9 heteroatoms. The number of phosphoric ester groups is 1. The lowest BCUT2D eigenvalue weighted by molar-refractivity contribution is -0.870. The fourth-order valence-electron chi connectivity index (χ4n) is 6.07. The molecule has 48 heavy (non-hydrogen) atoms. The number of likely N-dealkylation sites (N-methyl/N-ethyl adjacent to an activating group) is 1. The van der Waals surface area contributed by atoms with Crippen LogP contribution in [-0.2, 0) is 18.4 Å². The van der Waals surface area contributed by atoms with E-state index in [-0.39, 0.29) is 25.5 Å². The molecule has 1 amide bonds. The molecule has 0 fully saturated rings. The maximum Gasteiger partial charge on any atom is 0.472 e. The normalized spacial score (nSPS) is 14.6. The molecule has 0 rings (SSSR count). The van der Waals surface area contributed by atoms with E-state index in [9.17, 15) is 19.4 Å². The van der Waals surface area contributed by atoms with Gasteiger partial charge in [0.25, 0.3) is 0 Å². The summed E-state index contributed by atoms with van der Waals surface area (Å²) in [6, 6.07) is -0.751. The summed E-state index contributed by atoms with van der Waals surface area (Å²) in [6.45, 7) is 4.37. The third kappa shape index (κ3) is 34.0. The molecule has 288 valence electrons. The summed E-state index contributed by atoms with van der Waals surface area (Å²) in [5.74, 6) is -0.230. The van der Waals surface area contributed by atoms with E-state index in [4.69, 9.17) is 9.05 Å². The molecule has 0 bridgehead atoms. The first-order chi connectivity index (χ1) is 23.0. The van der Waals surface area contributed by atoms with Gasteiger partial charge in [-0.3, -0.25) is 13.8 Å². The minimum atomic E-state index is -4.27. The monoisotopic (exact) mass is 706 g/mol.